The van der Waals surface area contributed by atoms with Crippen LogP contribution in [0.3, 0.4) is 0 Å². The van der Waals surface area contributed by atoms with Gasteiger partial charge in [-0.05, 0) is 70.6 Å². The number of quaternary nitrogens is 1. The molecule has 492 valence electrons. The molecular weight excluding hydrogens is 1060 g/mol. The zero-order valence-corrected chi connectivity index (χ0v) is 57.3. The summed E-state index contributed by atoms with van der Waals surface area (Å²) in [6.07, 6.45) is 92.1. The number of unbranched alkanes of at least 4 members (excludes halogenated alkanes) is 44. The molecule has 9 heteroatoms. The maximum atomic E-state index is 13.1. The molecule has 3 N–H and O–H groups in total. The molecule has 0 radical (unpaired) electrons. The topological polar surface area (TPSA) is 105 Å². The normalized spacial score (nSPS) is 14.0. The first kappa shape index (κ1) is 81.9. The Kier molecular flexibility index (Phi) is 63.8. The van der Waals surface area contributed by atoms with Crippen LogP contribution in [-0.2, 0) is 18.4 Å². The summed E-state index contributed by atoms with van der Waals surface area (Å²) >= 11 is 0. The van der Waals surface area contributed by atoms with Crippen molar-refractivity contribution in [2.45, 2.75) is 360 Å². The maximum absolute atomic E-state index is 13.1. The summed E-state index contributed by atoms with van der Waals surface area (Å²) in [6.45, 7) is 4.73. The van der Waals surface area contributed by atoms with Crippen LogP contribution in [0.15, 0.2) is 72.9 Å². The molecule has 84 heavy (non-hydrogen) atoms. The zero-order chi connectivity index (χ0) is 61.2. The van der Waals surface area contributed by atoms with Crippen molar-refractivity contribution in [3.63, 3.8) is 0 Å². The number of phosphoric ester groups is 1. The Morgan fingerprint density at radius 3 is 1.10 bits per heavy atom. The fraction of sp³-hybridized carbons (Fsp3) is 0.827. The van der Waals surface area contributed by atoms with Crippen molar-refractivity contribution in [1.82, 2.24) is 5.32 Å². The highest BCUT2D eigenvalue weighted by atomic mass is 31.2. The lowest BCUT2D eigenvalue weighted by Crippen LogP contribution is -2.45. The van der Waals surface area contributed by atoms with E-state index in [1.165, 1.54) is 263 Å². The van der Waals surface area contributed by atoms with Crippen molar-refractivity contribution in [3.05, 3.63) is 72.9 Å². The van der Waals surface area contributed by atoms with Gasteiger partial charge in [0, 0.05) is 6.42 Å². The van der Waals surface area contributed by atoms with Crippen LogP contribution in [0.1, 0.15) is 348 Å². The molecule has 0 fully saturated rings. The number of nitrogens with zero attached hydrogens (tertiary/aromatic N) is 1. The van der Waals surface area contributed by atoms with Crippen molar-refractivity contribution in [3.8, 4) is 0 Å². The molecule has 0 bridgehead atoms. The number of aliphatic hydroxyl groups excluding tert-OH is 1. The second-order valence-electron chi connectivity index (χ2n) is 25.9. The number of rotatable bonds is 67. The van der Waals surface area contributed by atoms with Crippen molar-refractivity contribution in [2.24, 2.45) is 0 Å². The number of hydrogen-bond acceptors (Lipinski definition) is 5. The maximum Gasteiger partial charge on any atom is 0.472 e. The molecular formula is C75H142N2O6P+. The highest BCUT2D eigenvalue weighted by Crippen LogP contribution is 2.43. The van der Waals surface area contributed by atoms with Gasteiger partial charge in [0.2, 0.25) is 5.91 Å². The number of amides is 1. The van der Waals surface area contributed by atoms with E-state index in [2.05, 4.69) is 79.9 Å². The lowest BCUT2D eigenvalue weighted by atomic mass is 10.0. The third-order valence-electron chi connectivity index (χ3n) is 16.4. The standard InChI is InChI=1S/C75H141N2O6P/c1-6-8-10-12-14-16-18-20-22-24-26-28-30-32-34-36-37-38-39-41-43-45-47-49-51-53-55-57-59-61-63-65-67-69-75(79)76-73(72-83-84(80,81)82-71-70-77(3,4)5)74(78)68-66-64-62-60-58-56-54-52-50-48-46-44-42-40-35-33-31-29-27-25-23-21-19-17-15-13-11-9-7-2/h8,10,14,16,20,22,26,28,58,60,66,68,73-74,78H,6-7,9,11-13,15,17-19,21,23-25,27,29-57,59,61-65,67,69-72H2,1-5H3,(H-,76,79,80,81)/p+1/b10-8-,16-14-,22-20-,28-26-,60-58+,68-66+. The second-order valence-corrected chi connectivity index (χ2v) is 27.4. The van der Waals surface area contributed by atoms with Crippen molar-refractivity contribution < 1.29 is 32.9 Å². The highest BCUT2D eigenvalue weighted by Gasteiger charge is 2.28. The summed E-state index contributed by atoms with van der Waals surface area (Å²) in [6, 6.07) is -0.867. The third kappa shape index (κ3) is 67.4. The quantitative estimate of drug-likeness (QED) is 0.0243. The van der Waals surface area contributed by atoms with E-state index in [0.29, 0.717) is 17.4 Å². The van der Waals surface area contributed by atoms with Gasteiger partial charge in [0.1, 0.15) is 13.2 Å². The van der Waals surface area contributed by atoms with Crippen molar-refractivity contribution >= 4 is 13.7 Å². The van der Waals surface area contributed by atoms with Crippen LogP contribution in [0, 0.1) is 0 Å². The van der Waals surface area contributed by atoms with Crippen LogP contribution in [0.25, 0.3) is 0 Å². The second kappa shape index (κ2) is 65.4. The number of aliphatic hydroxyl groups is 1. The summed E-state index contributed by atoms with van der Waals surface area (Å²) in [5, 5.41) is 14.0. The van der Waals surface area contributed by atoms with Crippen molar-refractivity contribution in [1.29, 1.82) is 0 Å². The third-order valence-corrected chi connectivity index (χ3v) is 17.4. The van der Waals surface area contributed by atoms with E-state index in [9.17, 15) is 19.4 Å². The van der Waals surface area contributed by atoms with Gasteiger partial charge in [0.15, 0.2) is 0 Å². The van der Waals surface area contributed by atoms with Gasteiger partial charge in [-0.2, -0.15) is 0 Å². The number of hydrogen-bond donors (Lipinski definition) is 3. The smallest absolute Gasteiger partial charge is 0.387 e. The van der Waals surface area contributed by atoms with Crippen LogP contribution in [-0.4, -0.2) is 73.4 Å². The van der Waals surface area contributed by atoms with Crippen molar-refractivity contribution in [2.75, 3.05) is 40.9 Å². The average Bonchev–Trinajstić information content (AvgIpc) is 3.56. The van der Waals surface area contributed by atoms with E-state index in [0.717, 1.165) is 64.2 Å². The Balaban J connectivity index is 4.06. The van der Waals surface area contributed by atoms with E-state index in [-0.39, 0.29) is 19.1 Å². The molecule has 0 aromatic carbocycles. The predicted molar refractivity (Wildman–Crippen MR) is 369 cm³/mol. The largest absolute Gasteiger partial charge is 0.472 e. The highest BCUT2D eigenvalue weighted by molar-refractivity contribution is 7.47. The fourth-order valence-electron chi connectivity index (χ4n) is 10.8. The Morgan fingerprint density at radius 1 is 0.417 bits per heavy atom. The Bertz CT molecular complexity index is 1600. The van der Waals surface area contributed by atoms with Gasteiger partial charge in [-0.25, -0.2) is 4.57 Å². The van der Waals surface area contributed by atoms with Crippen LogP contribution in [0.4, 0.5) is 0 Å². The van der Waals surface area contributed by atoms with Crippen LogP contribution >= 0.6 is 7.82 Å². The number of phosphoric acid groups is 1. The Morgan fingerprint density at radius 2 is 0.726 bits per heavy atom. The van der Waals surface area contributed by atoms with Gasteiger partial charge < -0.3 is 19.8 Å². The lowest BCUT2D eigenvalue weighted by Gasteiger charge is -2.25. The van der Waals surface area contributed by atoms with Gasteiger partial charge in [0.05, 0.1) is 39.9 Å². The van der Waals surface area contributed by atoms with Gasteiger partial charge in [0.25, 0.3) is 0 Å². The Labute approximate surface area is 523 Å². The average molecular weight is 1200 g/mol. The first-order valence-electron chi connectivity index (χ1n) is 36.3. The fourth-order valence-corrected chi connectivity index (χ4v) is 11.6. The monoisotopic (exact) mass is 1200 g/mol. The van der Waals surface area contributed by atoms with Gasteiger partial charge in [-0.1, -0.05) is 344 Å². The predicted octanol–water partition coefficient (Wildman–Crippen LogP) is 23.3. The molecule has 1 amide bonds. The molecule has 0 aromatic heterocycles. The summed E-state index contributed by atoms with van der Waals surface area (Å²) < 4.78 is 23.8. The number of carbonyl (C=O) groups excluding carboxylic acids is 1. The minimum atomic E-state index is -4.36. The molecule has 0 aromatic rings. The number of allylic oxidation sites excluding steroid dienone is 11. The molecule has 8 nitrogen and oxygen atoms in total. The van der Waals surface area contributed by atoms with E-state index < -0.39 is 20.0 Å². The summed E-state index contributed by atoms with van der Waals surface area (Å²) in [4.78, 5) is 23.4. The zero-order valence-electron chi connectivity index (χ0n) is 56.4. The van der Waals surface area contributed by atoms with E-state index in [1.54, 1.807) is 6.08 Å². The molecule has 0 aliphatic rings. The first-order valence-corrected chi connectivity index (χ1v) is 37.8. The summed E-state index contributed by atoms with van der Waals surface area (Å²) in [7, 11) is 1.57. The lowest BCUT2D eigenvalue weighted by molar-refractivity contribution is -0.870. The van der Waals surface area contributed by atoms with Crippen LogP contribution < -0.4 is 5.32 Å². The number of nitrogens with one attached hydrogen (secondary N) is 1. The van der Waals surface area contributed by atoms with E-state index in [4.69, 9.17) is 9.05 Å². The molecule has 0 heterocycles. The van der Waals surface area contributed by atoms with Crippen LogP contribution in [0.5, 0.6) is 0 Å². The van der Waals surface area contributed by atoms with E-state index in [1.807, 2.05) is 27.2 Å². The minimum absolute atomic E-state index is 0.0560. The van der Waals surface area contributed by atoms with Gasteiger partial charge in [-0.3, -0.25) is 13.8 Å². The van der Waals surface area contributed by atoms with Crippen LogP contribution in [0.2, 0.25) is 0 Å². The number of carbonyl (C=O) groups is 1. The molecule has 0 saturated heterocycles. The Hall–Kier alpha value is -2.06. The summed E-state index contributed by atoms with van der Waals surface area (Å²) in [5.41, 5.74) is 0. The van der Waals surface area contributed by atoms with Gasteiger partial charge in [-0.15, -0.1) is 0 Å². The molecule has 3 unspecified atom stereocenters. The molecule has 0 rings (SSSR count). The SMILES string of the molecule is CC/C=C\C/C=C\C/C=C\C/C=C\CCCCCCCCCCCCCCCCCCCCCCC(=O)NC(COP(=O)(O)OCC[N+](C)(C)C)C(O)/C=C/CC/C=C/CCCCCCCCCCCCCCCCCCCCCCCCC. The molecule has 0 aliphatic carbocycles. The molecule has 0 aliphatic heterocycles. The molecule has 0 saturated carbocycles. The number of likely N-dealkylation sites (N-methyl/N-ethyl adjacent to an activating group) is 1. The minimum Gasteiger partial charge on any atom is -0.387 e. The molecule has 0 spiro atoms. The summed E-state index contributed by atoms with van der Waals surface area (Å²) in [5.74, 6) is -0.182. The first-order chi connectivity index (χ1) is 41.0. The van der Waals surface area contributed by atoms with E-state index >= 15 is 0 Å². The molecule has 3 atom stereocenters. The van der Waals surface area contributed by atoms with Gasteiger partial charge >= 0.3 is 7.82 Å².